The zero-order chi connectivity index (χ0) is 41.0. The Kier molecular flexibility index (Phi) is 8.76. The first-order chi connectivity index (χ1) is 30.7. The third-order valence-corrected chi connectivity index (χ3v) is 13.6. The van der Waals surface area contributed by atoms with Crippen LogP contribution in [0.1, 0.15) is 0 Å². The van der Waals surface area contributed by atoms with Gasteiger partial charge in [0.05, 0.1) is 0 Å². The molecule has 0 aliphatic carbocycles. The smallest absolute Gasteiger partial charge is 0.0468 e. The Bertz CT molecular complexity index is 3630. The Morgan fingerprint density at radius 3 is 1.68 bits per heavy atom. The van der Waals surface area contributed by atoms with E-state index in [4.69, 9.17) is 0 Å². The summed E-state index contributed by atoms with van der Waals surface area (Å²) in [6, 6.07) is 87.0. The fraction of sp³-hybridized carbons (Fsp3) is 0. The average molecular weight is 806 g/mol. The molecule has 0 spiro atoms. The molecule has 0 bridgehead atoms. The summed E-state index contributed by atoms with van der Waals surface area (Å²) in [7, 11) is 0. The Labute approximate surface area is 365 Å². The number of anilines is 3. The van der Waals surface area contributed by atoms with Crippen LogP contribution >= 0.6 is 11.3 Å². The maximum absolute atomic E-state index is 2.42. The normalized spacial score (nSPS) is 11.5. The van der Waals surface area contributed by atoms with Gasteiger partial charge in [-0.25, -0.2) is 0 Å². The van der Waals surface area contributed by atoms with Gasteiger partial charge in [0.1, 0.15) is 0 Å². The summed E-state index contributed by atoms with van der Waals surface area (Å²) in [4.78, 5) is 2.42. The van der Waals surface area contributed by atoms with Crippen LogP contribution in [0.2, 0.25) is 0 Å². The molecular weight excluding hydrogens is 767 g/mol. The lowest BCUT2D eigenvalue weighted by molar-refractivity contribution is 1.28. The van der Waals surface area contributed by atoms with Crippen molar-refractivity contribution in [3.63, 3.8) is 0 Å². The van der Waals surface area contributed by atoms with Crippen LogP contribution in [0.25, 0.3) is 97.0 Å². The van der Waals surface area contributed by atoms with Gasteiger partial charge in [-0.1, -0.05) is 176 Å². The first kappa shape index (κ1) is 36.1. The molecule has 0 atom stereocenters. The van der Waals surface area contributed by atoms with Crippen molar-refractivity contribution in [2.24, 2.45) is 0 Å². The SMILES string of the molecule is c1ccc(-c2ccc(N(c3cccc(-c4cccc5ccccc45)c3)c3ccc(-c4cc5ccccc5c5ccccc45)c(-c4ccc5sc6ccccc6c5c4)c3)cc2)cc1. The molecular formula is C60H39NS. The summed E-state index contributed by atoms with van der Waals surface area (Å²) in [5, 5.41) is 10.1. The predicted octanol–water partition coefficient (Wildman–Crippen LogP) is 17.7. The lowest BCUT2D eigenvalue weighted by Crippen LogP contribution is -2.10. The van der Waals surface area contributed by atoms with Crippen LogP contribution in [-0.4, -0.2) is 0 Å². The average Bonchev–Trinajstić information content (AvgIpc) is 3.72. The minimum atomic E-state index is 1.09. The fourth-order valence-corrected chi connectivity index (χ4v) is 10.6. The van der Waals surface area contributed by atoms with Gasteiger partial charge in [-0.15, -0.1) is 11.3 Å². The standard InChI is InChI=1S/C60H39NS/c1-2-14-40(15-3-1)41-28-31-46(32-29-41)61(47-20-12-19-43(36-47)50-26-13-18-42-16-4-6-21-49(42)50)48-33-34-54(57-37-44-17-5-7-22-51(44)52-23-8-9-24-53(52)57)56(39-48)45-30-35-60-58(38-45)55-25-10-11-27-59(55)62-60/h1-39H. The molecule has 0 N–H and O–H groups in total. The zero-order valence-corrected chi connectivity index (χ0v) is 34.7. The maximum Gasteiger partial charge on any atom is 0.0468 e. The molecule has 0 saturated carbocycles. The summed E-state index contributed by atoms with van der Waals surface area (Å²) in [5.41, 5.74) is 12.9. The molecule has 0 aliphatic rings. The molecule has 0 fully saturated rings. The number of rotatable bonds is 7. The second-order valence-electron chi connectivity index (χ2n) is 16.1. The van der Waals surface area contributed by atoms with E-state index in [0.29, 0.717) is 0 Å². The fourth-order valence-electron chi connectivity index (χ4n) is 9.49. The van der Waals surface area contributed by atoms with Crippen LogP contribution in [0.3, 0.4) is 0 Å². The van der Waals surface area contributed by atoms with E-state index in [0.717, 1.165) is 17.1 Å². The maximum atomic E-state index is 2.42. The third-order valence-electron chi connectivity index (χ3n) is 12.4. The van der Waals surface area contributed by atoms with Crippen LogP contribution < -0.4 is 4.90 Å². The van der Waals surface area contributed by atoms with Gasteiger partial charge in [-0.05, 0) is 137 Å². The molecule has 0 radical (unpaired) electrons. The van der Waals surface area contributed by atoms with Crippen molar-refractivity contribution < 1.29 is 0 Å². The van der Waals surface area contributed by atoms with Crippen molar-refractivity contribution in [1.29, 1.82) is 0 Å². The van der Waals surface area contributed by atoms with E-state index < -0.39 is 0 Å². The van der Waals surface area contributed by atoms with Gasteiger partial charge in [0, 0.05) is 37.2 Å². The Morgan fingerprint density at radius 2 is 0.823 bits per heavy atom. The summed E-state index contributed by atoms with van der Waals surface area (Å²) in [6.07, 6.45) is 0. The second kappa shape index (κ2) is 15.0. The Balaban J connectivity index is 1.10. The van der Waals surface area contributed by atoms with Gasteiger partial charge < -0.3 is 4.90 Å². The van der Waals surface area contributed by atoms with Gasteiger partial charge in [-0.3, -0.25) is 0 Å². The van der Waals surface area contributed by atoms with Crippen LogP contribution in [-0.2, 0) is 0 Å². The van der Waals surface area contributed by atoms with Crippen LogP contribution in [0.15, 0.2) is 237 Å². The van der Waals surface area contributed by atoms with E-state index in [1.165, 1.54) is 97.0 Å². The van der Waals surface area contributed by atoms with E-state index in [-0.39, 0.29) is 0 Å². The first-order valence-electron chi connectivity index (χ1n) is 21.2. The molecule has 0 amide bonds. The molecule has 1 heterocycles. The summed E-state index contributed by atoms with van der Waals surface area (Å²) < 4.78 is 2.61. The van der Waals surface area contributed by atoms with E-state index in [1.54, 1.807) is 0 Å². The van der Waals surface area contributed by atoms with Crippen LogP contribution in [0, 0.1) is 0 Å². The highest BCUT2D eigenvalue weighted by molar-refractivity contribution is 7.25. The molecule has 0 aliphatic heterocycles. The topological polar surface area (TPSA) is 3.24 Å². The minimum absolute atomic E-state index is 1.09. The molecule has 1 nitrogen and oxygen atoms in total. The number of benzene rings is 11. The number of hydrogen-bond donors (Lipinski definition) is 0. The lowest BCUT2D eigenvalue weighted by Gasteiger charge is -2.28. The highest BCUT2D eigenvalue weighted by Gasteiger charge is 2.20. The summed E-state index contributed by atoms with van der Waals surface area (Å²) in [5.74, 6) is 0. The van der Waals surface area contributed by atoms with Gasteiger partial charge >= 0.3 is 0 Å². The molecule has 12 rings (SSSR count). The number of nitrogens with zero attached hydrogens (tertiary/aromatic N) is 1. The molecule has 12 aromatic rings. The monoisotopic (exact) mass is 805 g/mol. The highest BCUT2D eigenvalue weighted by Crippen LogP contribution is 2.46. The number of hydrogen-bond acceptors (Lipinski definition) is 2. The van der Waals surface area contributed by atoms with E-state index in [2.05, 4.69) is 241 Å². The Morgan fingerprint density at radius 1 is 0.242 bits per heavy atom. The van der Waals surface area contributed by atoms with Crippen molar-refractivity contribution in [2.75, 3.05) is 4.90 Å². The first-order valence-corrected chi connectivity index (χ1v) is 22.1. The molecule has 290 valence electrons. The summed E-state index contributed by atoms with van der Waals surface area (Å²) >= 11 is 1.86. The van der Waals surface area contributed by atoms with Crippen molar-refractivity contribution in [3.8, 4) is 44.5 Å². The molecule has 0 unspecified atom stereocenters. The molecule has 2 heteroatoms. The van der Waals surface area contributed by atoms with Crippen molar-refractivity contribution in [3.05, 3.63) is 237 Å². The van der Waals surface area contributed by atoms with Gasteiger partial charge in [0.15, 0.2) is 0 Å². The second-order valence-corrected chi connectivity index (χ2v) is 17.1. The third kappa shape index (κ3) is 6.24. The van der Waals surface area contributed by atoms with Crippen LogP contribution in [0.5, 0.6) is 0 Å². The van der Waals surface area contributed by atoms with Crippen molar-refractivity contribution >= 4 is 80.9 Å². The molecule has 11 aromatic carbocycles. The highest BCUT2D eigenvalue weighted by atomic mass is 32.1. The Hall–Kier alpha value is -7.78. The lowest BCUT2D eigenvalue weighted by atomic mass is 9.88. The van der Waals surface area contributed by atoms with E-state index in [9.17, 15) is 0 Å². The van der Waals surface area contributed by atoms with Crippen LogP contribution in [0.4, 0.5) is 17.1 Å². The quantitative estimate of drug-likeness (QED) is 0.145. The molecule has 0 saturated heterocycles. The molecule has 62 heavy (non-hydrogen) atoms. The van der Waals surface area contributed by atoms with Crippen molar-refractivity contribution in [2.45, 2.75) is 0 Å². The number of fused-ring (bicyclic) bond motifs is 7. The predicted molar refractivity (Wildman–Crippen MR) is 268 cm³/mol. The molecule has 1 aromatic heterocycles. The van der Waals surface area contributed by atoms with E-state index >= 15 is 0 Å². The van der Waals surface area contributed by atoms with Gasteiger partial charge in [0.25, 0.3) is 0 Å². The van der Waals surface area contributed by atoms with Gasteiger partial charge in [0.2, 0.25) is 0 Å². The van der Waals surface area contributed by atoms with Gasteiger partial charge in [-0.2, -0.15) is 0 Å². The zero-order valence-electron chi connectivity index (χ0n) is 33.9. The summed E-state index contributed by atoms with van der Waals surface area (Å²) in [6.45, 7) is 0. The van der Waals surface area contributed by atoms with Crippen molar-refractivity contribution in [1.82, 2.24) is 0 Å². The minimum Gasteiger partial charge on any atom is -0.310 e. The van der Waals surface area contributed by atoms with E-state index in [1.807, 2.05) is 11.3 Å². The number of thiophene rings is 1. The largest absolute Gasteiger partial charge is 0.310 e.